The predicted octanol–water partition coefficient (Wildman–Crippen LogP) is 0.981. The molecule has 0 aliphatic carbocycles. The summed E-state index contributed by atoms with van der Waals surface area (Å²) in [6.07, 6.45) is 0.283. The van der Waals surface area contributed by atoms with E-state index >= 15 is 0 Å². The fourth-order valence-electron chi connectivity index (χ4n) is 1.80. The number of hydrogen-bond acceptors (Lipinski definition) is 4. The maximum Gasteiger partial charge on any atom is 0.240 e. The van der Waals surface area contributed by atoms with Gasteiger partial charge < -0.3 is 4.90 Å². The molecule has 0 fully saturated rings. The Kier molecular flexibility index (Phi) is 5.48. The topological polar surface area (TPSA) is 73.2 Å². The van der Waals surface area contributed by atoms with Crippen LogP contribution >= 0.6 is 0 Å². The molecule has 0 aliphatic rings. The predicted molar refractivity (Wildman–Crippen MR) is 74.1 cm³/mol. The minimum atomic E-state index is -3.50. The van der Waals surface area contributed by atoms with Gasteiger partial charge in [-0.1, -0.05) is 12.1 Å². The number of hydrogen-bond donors (Lipinski definition) is 1. The molecule has 6 heteroatoms. The van der Waals surface area contributed by atoms with Gasteiger partial charge in [0.25, 0.3) is 0 Å². The summed E-state index contributed by atoms with van der Waals surface area (Å²) in [6, 6.07) is 8.23. The minimum absolute atomic E-state index is 0.168. The average molecular weight is 281 g/mol. The summed E-state index contributed by atoms with van der Waals surface area (Å²) in [7, 11) is 0.284. The summed E-state index contributed by atoms with van der Waals surface area (Å²) >= 11 is 0. The Morgan fingerprint density at radius 1 is 1.32 bits per heavy atom. The number of sulfonamides is 1. The molecule has 0 bridgehead atoms. The maximum atomic E-state index is 12.1. The van der Waals surface area contributed by atoms with Crippen LogP contribution in [0.15, 0.2) is 29.2 Å². The zero-order chi connectivity index (χ0) is 14.5. The molecule has 1 unspecified atom stereocenters. The quantitative estimate of drug-likeness (QED) is 0.843. The van der Waals surface area contributed by atoms with Crippen LogP contribution < -0.4 is 4.72 Å². The molecule has 0 aromatic heterocycles. The van der Waals surface area contributed by atoms with Crippen LogP contribution in [-0.2, 0) is 16.4 Å². The van der Waals surface area contributed by atoms with E-state index in [-0.39, 0.29) is 17.4 Å². The van der Waals surface area contributed by atoms with Gasteiger partial charge >= 0.3 is 0 Å². The number of nitrogens with zero attached hydrogens (tertiary/aromatic N) is 2. The summed E-state index contributed by atoms with van der Waals surface area (Å²) in [5.74, 6) is 0. The van der Waals surface area contributed by atoms with Gasteiger partial charge in [-0.2, -0.15) is 5.26 Å². The lowest BCUT2D eigenvalue weighted by Crippen LogP contribution is -2.39. The Hall–Kier alpha value is -1.42. The summed E-state index contributed by atoms with van der Waals surface area (Å²) in [4.78, 5) is 2.14. The highest BCUT2D eigenvalue weighted by molar-refractivity contribution is 7.89. The molecule has 0 spiro atoms. The largest absolute Gasteiger partial charge is 0.308 e. The van der Waals surface area contributed by atoms with Crippen molar-refractivity contribution in [1.29, 1.82) is 5.26 Å². The number of nitriles is 1. The van der Waals surface area contributed by atoms with Gasteiger partial charge in [0.2, 0.25) is 10.0 Å². The second-order valence-corrected chi connectivity index (χ2v) is 6.48. The van der Waals surface area contributed by atoms with Crippen LogP contribution in [0.4, 0.5) is 0 Å². The molecule has 1 aromatic carbocycles. The lowest BCUT2D eigenvalue weighted by molar-refractivity contribution is 0.370. The molecule has 104 valence electrons. The zero-order valence-corrected chi connectivity index (χ0v) is 12.2. The van der Waals surface area contributed by atoms with Gasteiger partial charge in [-0.25, -0.2) is 13.1 Å². The summed E-state index contributed by atoms with van der Waals surface area (Å²) in [5.41, 5.74) is 0.808. The normalized spacial score (nSPS) is 13.2. The van der Waals surface area contributed by atoms with Crippen molar-refractivity contribution in [2.24, 2.45) is 0 Å². The molecule has 1 aromatic rings. The SMILES string of the molecule is CC(CN(C)C)NS(=O)(=O)c1ccc(CC#N)cc1. The molecule has 1 rings (SSSR count). The molecule has 1 atom stereocenters. The second-order valence-electron chi connectivity index (χ2n) is 4.76. The highest BCUT2D eigenvalue weighted by atomic mass is 32.2. The first-order valence-corrected chi connectivity index (χ1v) is 7.46. The number of benzene rings is 1. The fourth-order valence-corrected chi connectivity index (χ4v) is 3.03. The number of rotatable bonds is 6. The van der Waals surface area contributed by atoms with Crippen LogP contribution in [0.2, 0.25) is 0 Å². The van der Waals surface area contributed by atoms with Gasteiger partial charge in [0.05, 0.1) is 17.4 Å². The van der Waals surface area contributed by atoms with Gasteiger partial charge in [-0.15, -0.1) is 0 Å². The third-order valence-electron chi connectivity index (χ3n) is 2.51. The van der Waals surface area contributed by atoms with Crippen molar-refractivity contribution in [3.8, 4) is 6.07 Å². The Balaban J connectivity index is 2.80. The third kappa shape index (κ3) is 4.99. The van der Waals surface area contributed by atoms with E-state index in [4.69, 9.17) is 5.26 Å². The second kappa shape index (κ2) is 6.66. The van der Waals surface area contributed by atoms with Crippen LogP contribution in [0.3, 0.4) is 0 Å². The van der Waals surface area contributed by atoms with Gasteiger partial charge in [0.1, 0.15) is 0 Å². The van der Waals surface area contributed by atoms with Crippen LogP contribution in [0.1, 0.15) is 12.5 Å². The molecular formula is C13H19N3O2S. The Morgan fingerprint density at radius 2 is 1.89 bits per heavy atom. The maximum absolute atomic E-state index is 12.1. The average Bonchev–Trinajstić information content (AvgIpc) is 2.28. The van der Waals surface area contributed by atoms with Crippen molar-refractivity contribution in [2.75, 3.05) is 20.6 Å². The van der Waals surface area contributed by atoms with Crippen molar-refractivity contribution in [3.05, 3.63) is 29.8 Å². The first-order chi connectivity index (χ1) is 8.85. The van der Waals surface area contributed by atoms with Crippen molar-refractivity contribution >= 4 is 10.0 Å². The highest BCUT2D eigenvalue weighted by Crippen LogP contribution is 2.11. The standard InChI is InChI=1S/C13H19N3O2S/c1-11(10-16(2)3)15-19(17,18)13-6-4-12(5-7-13)8-9-14/h4-7,11,15H,8,10H2,1-3H3. The van der Waals surface area contributed by atoms with Crippen molar-refractivity contribution in [2.45, 2.75) is 24.3 Å². The van der Waals surface area contributed by atoms with Gasteiger partial charge in [-0.05, 0) is 38.7 Å². The Bertz CT molecular complexity index is 544. The van der Waals surface area contributed by atoms with E-state index in [1.54, 1.807) is 12.1 Å². The highest BCUT2D eigenvalue weighted by Gasteiger charge is 2.17. The van der Waals surface area contributed by atoms with Crippen molar-refractivity contribution in [3.63, 3.8) is 0 Å². The van der Waals surface area contributed by atoms with Crippen LogP contribution in [0, 0.1) is 11.3 Å². The van der Waals surface area contributed by atoms with Crippen LogP contribution in [0.25, 0.3) is 0 Å². The number of likely N-dealkylation sites (N-methyl/N-ethyl adjacent to an activating group) is 1. The molecular weight excluding hydrogens is 262 g/mol. The smallest absolute Gasteiger partial charge is 0.240 e. The summed E-state index contributed by atoms with van der Waals surface area (Å²) in [6.45, 7) is 2.45. The van der Waals surface area contributed by atoms with E-state index in [0.717, 1.165) is 5.56 Å². The molecule has 0 radical (unpaired) electrons. The molecule has 0 saturated carbocycles. The Labute approximate surface area is 114 Å². The first-order valence-electron chi connectivity index (χ1n) is 5.98. The molecule has 0 aliphatic heterocycles. The molecule has 0 heterocycles. The van der Waals surface area contributed by atoms with E-state index in [9.17, 15) is 8.42 Å². The first kappa shape index (κ1) is 15.6. The molecule has 5 nitrogen and oxygen atoms in total. The fraction of sp³-hybridized carbons (Fsp3) is 0.462. The lowest BCUT2D eigenvalue weighted by atomic mass is 10.2. The van der Waals surface area contributed by atoms with Crippen molar-refractivity contribution < 1.29 is 8.42 Å². The van der Waals surface area contributed by atoms with E-state index < -0.39 is 10.0 Å². The summed E-state index contributed by atoms with van der Waals surface area (Å²) in [5, 5.41) is 8.57. The van der Waals surface area contributed by atoms with E-state index in [0.29, 0.717) is 6.54 Å². The zero-order valence-electron chi connectivity index (χ0n) is 11.4. The minimum Gasteiger partial charge on any atom is -0.308 e. The van der Waals surface area contributed by atoms with E-state index in [1.807, 2.05) is 32.0 Å². The van der Waals surface area contributed by atoms with Crippen LogP contribution in [0.5, 0.6) is 0 Å². The van der Waals surface area contributed by atoms with Crippen LogP contribution in [-0.4, -0.2) is 40.0 Å². The monoisotopic (exact) mass is 281 g/mol. The van der Waals surface area contributed by atoms with Gasteiger partial charge in [-0.3, -0.25) is 0 Å². The van der Waals surface area contributed by atoms with Gasteiger partial charge in [0, 0.05) is 12.6 Å². The Morgan fingerprint density at radius 3 is 2.37 bits per heavy atom. The molecule has 0 amide bonds. The van der Waals surface area contributed by atoms with Crippen molar-refractivity contribution in [1.82, 2.24) is 9.62 Å². The summed E-state index contributed by atoms with van der Waals surface area (Å²) < 4.78 is 26.8. The lowest BCUT2D eigenvalue weighted by Gasteiger charge is -2.18. The molecule has 19 heavy (non-hydrogen) atoms. The third-order valence-corrected chi connectivity index (χ3v) is 4.12. The molecule has 1 N–H and O–H groups in total. The molecule has 0 saturated heterocycles. The van der Waals surface area contributed by atoms with E-state index in [1.165, 1.54) is 12.1 Å². The number of nitrogens with one attached hydrogen (secondary N) is 1. The van der Waals surface area contributed by atoms with E-state index in [2.05, 4.69) is 4.72 Å². The van der Waals surface area contributed by atoms with Gasteiger partial charge in [0.15, 0.2) is 0 Å².